The predicted octanol–water partition coefficient (Wildman–Crippen LogP) is -0.521. The molecular weight excluding hydrogens is 228 g/mol. The van der Waals surface area contributed by atoms with Crippen LogP contribution in [-0.2, 0) is 16.4 Å². The van der Waals surface area contributed by atoms with Crippen molar-refractivity contribution in [2.45, 2.75) is 6.42 Å². The van der Waals surface area contributed by atoms with Gasteiger partial charge in [-0.15, -0.1) is 0 Å². The summed E-state index contributed by atoms with van der Waals surface area (Å²) in [5, 5.41) is 6.91. The van der Waals surface area contributed by atoms with Crippen molar-refractivity contribution in [2.24, 2.45) is 5.73 Å². The van der Waals surface area contributed by atoms with Gasteiger partial charge in [0.15, 0.2) is 0 Å². The van der Waals surface area contributed by atoms with Crippen molar-refractivity contribution in [3.8, 4) is 0 Å². The van der Waals surface area contributed by atoms with Gasteiger partial charge in [0, 0.05) is 18.3 Å². The van der Waals surface area contributed by atoms with Gasteiger partial charge < -0.3 is 5.73 Å². The van der Waals surface area contributed by atoms with Gasteiger partial charge in [-0.1, -0.05) is 6.07 Å². The lowest BCUT2D eigenvalue weighted by Gasteiger charge is -2.05. The molecule has 0 aliphatic heterocycles. The number of aromatic nitrogens is 1. The Morgan fingerprint density at radius 1 is 1.50 bits per heavy atom. The molecule has 1 rings (SSSR count). The van der Waals surface area contributed by atoms with Gasteiger partial charge in [0.25, 0.3) is 0 Å². The number of hydrogen-bond donors (Lipinski definition) is 3. The highest BCUT2D eigenvalue weighted by atomic mass is 32.2. The molecule has 1 aromatic rings. The highest BCUT2D eigenvalue weighted by Gasteiger charge is 2.10. The minimum atomic E-state index is -3.39. The van der Waals surface area contributed by atoms with E-state index in [9.17, 15) is 8.42 Å². The molecule has 7 heteroatoms. The maximum Gasteiger partial charge on any atom is 0.212 e. The van der Waals surface area contributed by atoms with Crippen molar-refractivity contribution >= 4 is 15.9 Å². The highest BCUT2D eigenvalue weighted by molar-refractivity contribution is 7.89. The quantitative estimate of drug-likeness (QED) is 0.460. The first-order chi connectivity index (χ1) is 7.49. The van der Waals surface area contributed by atoms with Crippen LogP contribution in [0.1, 0.15) is 5.69 Å². The van der Waals surface area contributed by atoms with Gasteiger partial charge >= 0.3 is 0 Å². The van der Waals surface area contributed by atoms with E-state index in [1.807, 2.05) is 0 Å². The van der Waals surface area contributed by atoms with E-state index in [0.717, 1.165) is 5.69 Å². The predicted molar refractivity (Wildman–Crippen MR) is 61.6 cm³/mol. The number of sulfonamides is 1. The molecule has 0 atom stereocenters. The highest BCUT2D eigenvalue weighted by Crippen LogP contribution is 1.97. The monoisotopic (exact) mass is 242 g/mol. The van der Waals surface area contributed by atoms with Gasteiger partial charge in [0.2, 0.25) is 10.0 Å². The average molecular weight is 242 g/mol. The molecule has 0 amide bonds. The van der Waals surface area contributed by atoms with E-state index in [2.05, 4.69) is 9.71 Å². The smallest absolute Gasteiger partial charge is 0.212 e. The molecule has 0 saturated carbocycles. The summed E-state index contributed by atoms with van der Waals surface area (Å²) in [4.78, 5) is 4.02. The van der Waals surface area contributed by atoms with E-state index in [-0.39, 0.29) is 18.1 Å². The molecule has 0 bridgehead atoms. The molecule has 4 N–H and O–H groups in total. The molecule has 0 radical (unpaired) electrons. The summed E-state index contributed by atoms with van der Waals surface area (Å²) < 4.78 is 25.1. The second kappa shape index (κ2) is 5.57. The van der Waals surface area contributed by atoms with E-state index in [4.69, 9.17) is 11.1 Å². The molecule has 16 heavy (non-hydrogen) atoms. The zero-order valence-corrected chi connectivity index (χ0v) is 9.50. The molecule has 0 fully saturated rings. The molecule has 0 aliphatic carbocycles. The standard InChI is InChI=1S/C9H14N4O2S/c10-9(11)7-13-16(14,15)6-4-8-3-1-2-5-12-8/h1-3,5,13H,4,6-7H2,(H3,10,11). The van der Waals surface area contributed by atoms with Crippen LogP contribution in [0.2, 0.25) is 0 Å². The zero-order valence-electron chi connectivity index (χ0n) is 8.68. The number of pyridine rings is 1. The fraction of sp³-hybridized carbons (Fsp3) is 0.333. The number of nitrogens with zero attached hydrogens (tertiary/aromatic N) is 1. The van der Waals surface area contributed by atoms with Crippen LogP contribution in [0.15, 0.2) is 24.4 Å². The molecule has 0 unspecified atom stereocenters. The van der Waals surface area contributed by atoms with Gasteiger partial charge in [0.1, 0.15) is 5.84 Å². The van der Waals surface area contributed by atoms with Gasteiger partial charge in [-0.3, -0.25) is 10.4 Å². The third-order valence-electron chi connectivity index (χ3n) is 1.84. The van der Waals surface area contributed by atoms with Crippen LogP contribution in [0.25, 0.3) is 0 Å². The van der Waals surface area contributed by atoms with Crippen LogP contribution in [0.4, 0.5) is 0 Å². The molecule has 1 aromatic heterocycles. The summed E-state index contributed by atoms with van der Waals surface area (Å²) in [6.07, 6.45) is 1.96. The normalized spacial score (nSPS) is 11.2. The van der Waals surface area contributed by atoms with Crippen LogP contribution < -0.4 is 10.5 Å². The number of nitrogens with two attached hydrogens (primary N) is 1. The molecule has 0 aliphatic rings. The SMILES string of the molecule is N=C(N)CNS(=O)(=O)CCc1ccccn1. The Balaban J connectivity index is 2.45. The van der Waals surface area contributed by atoms with E-state index >= 15 is 0 Å². The molecule has 0 aromatic carbocycles. The Labute approximate surface area is 94.4 Å². The fourth-order valence-corrected chi connectivity index (χ4v) is 2.04. The van der Waals surface area contributed by atoms with Crippen molar-refractivity contribution in [1.82, 2.24) is 9.71 Å². The number of hydrogen-bond acceptors (Lipinski definition) is 4. The van der Waals surface area contributed by atoms with Crippen molar-refractivity contribution in [2.75, 3.05) is 12.3 Å². The molecule has 0 spiro atoms. The Hall–Kier alpha value is -1.47. The summed E-state index contributed by atoms with van der Waals surface area (Å²) >= 11 is 0. The third-order valence-corrected chi connectivity index (χ3v) is 3.16. The summed E-state index contributed by atoms with van der Waals surface area (Å²) in [5.74, 6) is -0.265. The Morgan fingerprint density at radius 2 is 2.25 bits per heavy atom. The van der Waals surface area contributed by atoms with Crippen LogP contribution in [-0.4, -0.2) is 31.5 Å². The lowest BCUT2D eigenvalue weighted by atomic mass is 10.3. The van der Waals surface area contributed by atoms with Gasteiger partial charge in [0.05, 0.1) is 12.3 Å². The largest absolute Gasteiger partial charge is 0.387 e. The fourth-order valence-electron chi connectivity index (χ4n) is 1.04. The van der Waals surface area contributed by atoms with Crippen LogP contribution in [0.5, 0.6) is 0 Å². The molecule has 6 nitrogen and oxygen atoms in total. The number of nitrogens with one attached hydrogen (secondary N) is 2. The van der Waals surface area contributed by atoms with Crippen LogP contribution in [0.3, 0.4) is 0 Å². The molecule has 88 valence electrons. The maximum atomic E-state index is 11.4. The van der Waals surface area contributed by atoms with Crippen molar-refractivity contribution in [3.05, 3.63) is 30.1 Å². The minimum absolute atomic E-state index is 0.0582. The third kappa shape index (κ3) is 4.85. The summed E-state index contributed by atoms with van der Waals surface area (Å²) in [5.41, 5.74) is 5.77. The Kier molecular flexibility index (Phi) is 4.39. The van der Waals surface area contributed by atoms with E-state index in [1.54, 1.807) is 24.4 Å². The van der Waals surface area contributed by atoms with Gasteiger partial charge in [-0.05, 0) is 12.1 Å². The first-order valence-corrected chi connectivity index (χ1v) is 6.35. The number of rotatable bonds is 6. The average Bonchev–Trinajstić information content (AvgIpc) is 2.26. The molecule has 1 heterocycles. The number of aryl methyl sites for hydroxylation is 1. The van der Waals surface area contributed by atoms with Gasteiger partial charge in [-0.2, -0.15) is 0 Å². The topological polar surface area (TPSA) is 109 Å². The summed E-state index contributed by atoms with van der Waals surface area (Å²) in [7, 11) is -3.39. The first-order valence-electron chi connectivity index (χ1n) is 4.70. The lowest BCUT2D eigenvalue weighted by Crippen LogP contribution is -2.34. The summed E-state index contributed by atoms with van der Waals surface area (Å²) in [6, 6.07) is 5.34. The first kappa shape index (κ1) is 12.6. The second-order valence-corrected chi connectivity index (χ2v) is 5.16. The lowest BCUT2D eigenvalue weighted by molar-refractivity contribution is 0.585. The van der Waals surface area contributed by atoms with Crippen molar-refractivity contribution in [3.63, 3.8) is 0 Å². The maximum absolute atomic E-state index is 11.4. The van der Waals surface area contributed by atoms with Crippen molar-refractivity contribution < 1.29 is 8.42 Å². The summed E-state index contributed by atoms with van der Waals surface area (Å²) in [6.45, 7) is -0.148. The number of amidine groups is 1. The van der Waals surface area contributed by atoms with E-state index < -0.39 is 10.0 Å². The van der Waals surface area contributed by atoms with E-state index in [1.165, 1.54) is 0 Å². The Bertz CT molecular complexity index is 444. The van der Waals surface area contributed by atoms with Crippen LogP contribution >= 0.6 is 0 Å². The molecule has 0 saturated heterocycles. The second-order valence-electron chi connectivity index (χ2n) is 3.24. The Morgan fingerprint density at radius 3 is 2.81 bits per heavy atom. The zero-order chi connectivity index (χ0) is 12.0. The van der Waals surface area contributed by atoms with Crippen molar-refractivity contribution in [1.29, 1.82) is 5.41 Å². The minimum Gasteiger partial charge on any atom is -0.387 e. The van der Waals surface area contributed by atoms with E-state index in [0.29, 0.717) is 6.42 Å². The van der Waals surface area contributed by atoms with Gasteiger partial charge in [-0.25, -0.2) is 13.1 Å². The van der Waals surface area contributed by atoms with Crippen LogP contribution in [0, 0.1) is 5.41 Å². The molecular formula is C9H14N4O2S.